The topological polar surface area (TPSA) is 28.1 Å². The molecule has 0 unspecified atom stereocenters. The molecule has 0 saturated carbocycles. The fourth-order valence-electron chi connectivity index (χ4n) is 3.07. The van der Waals surface area contributed by atoms with Gasteiger partial charge in [0.25, 0.3) is 0 Å². The SMILES string of the molecule is CC1=N/C(=C\c2[nH]c(C)c3ccccc23)c2ccccc21. The third-order valence-electron chi connectivity index (χ3n) is 4.11. The molecule has 4 rings (SSSR count). The van der Waals surface area contributed by atoms with E-state index in [0.717, 1.165) is 17.1 Å². The molecule has 0 fully saturated rings. The van der Waals surface area contributed by atoms with Gasteiger partial charge in [-0.3, -0.25) is 4.99 Å². The first-order chi connectivity index (χ1) is 10.2. The highest BCUT2D eigenvalue weighted by Gasteiger charge is 2.17. The molecule has 21 heavy (non-hydrogen) atoms. The molecule has 0 aliphatic carbocycles. The fourth-order valence-corrected chi connectivity index (χ4v) is 3.07. The molecule has 0 bridgehead atoms. The number of nitrogens with one attached hydrogen (secondary N) is 1. The Balaban J connectivity index is 1.93. The molecular formula is C19H16N2. The maximum Gasteiger partial charge on any atom is 0.0733 e. The smallest absolute Gasteiger partial charge is 0.0733 e. The normalized spacial score (nSPS) is 15.5. The van der Waals surface area contributed by atoms with E-state index in [4.69, 9.17) is 4.99 Å². The second kappa shape index (κ2) is 4.45. The summed E-state index contributed by atoms with van der Waals surface area (Å²) in [6.07, 6.45) is 2.16. The monoisotopic (exact) mass is 272 g/mol. The van der Waals surface area contributed by atoms with Gasteiger partial charge in [0.1, 0.15) is 0 Å². The summed E-state index contributed by atoms with van der Waals surface area (Å²) in [4.78, 5) is 8.21. The Bertz CT molecular complexity index is 910. The molecule has 1 aliphatic heterocycles. The van der Waals surface area contributed by atoms with Crippen molar-refractivity contribution in [2.24, 2.45) is 4.99 Å². The van der Waals surface area contributed by atoms with Crippen LogP contribution in [0.3, 0.4) is 0 Å². The Hall–Kier alpha value is -2.61. The molecule has 0 amide bonds. The summed E-state index contributed by atoms with van der Waals surface area (Å²) < 4.78 is 0. The Labute approximate surface area is 123 Å². The minimum atomic E-state index is 1.04. The summed E-state index contributed by atoms with van der Waals surface area (Å²) in [6.45, 7) is 4.18. The van der Waals surface area contributed by atoms with E-state index in [0.29, 0.717) is 0 Å². The van der Waals surface area contributed by atoms with Gasteiger partial charge in [-0.2, -0.15) is 0 Å². The van der Waals surface area contributed by atoms with Crippen LogP contribution in [-0.2, 0) is 0 Å². The van der Waals surface area contributed by atoms with Crippen molar-refractivity contribution in [1.29, 1.82) is 0 Å². The Morgan fingerprint density at radius 1 is 0.857 bits per heavy atom. The number of aryl methyl sites for hydroxylation is 1. The maximum atomic E-state index is 4.73. The van der Waals surface area contributed by atoms with Crippen molar-refractivity contribution in [3.63, 3.8) is 0 Å². The van der Waals surface area contributed by atoms with Crippen LogP contribution in [0.15, 0.2) is 53.5 Å². The lowest BCUT2D eigenvalue weighted by Crippen LogP contribution is -1.89. The van der Waals surface area contributed by atoms with E-state index in [1.54, 1.807) is 0 Å². The average molecular weight is 272 g/mol. The second-order valence-electron chi connectivity index (χ2n) is 5.48. The van der Waals surface area contributed by atoms with Crippen molar-refractivity contribution in [2.45, 2.75) is 13.8 Å². The van der Waals surface area contributed by atoms with Crippen molar-refractivity contribution < 1.29 is 0 Å². The van der Waals surface area contributed by atoms with Crippen LogP contribution >= 0.6 is 0 Å². The number of aliphatic imine (C=N–C) groups is 1. The zero-order valence-corrected chi connectivity index (χ0v) is 12.1. The average Bonchev–Trinajstić information content (AvgIpc) is 3.00. The molecule has 102 valence electrons. The molecule has 0 radical (unpaired) electrons. The molecule has 0 atom stereocenters. The lowest BCUT2D eigenvalue weighted by atomic mass is 10.0. The van der Waals surface area contributed by atoms with E-state index in [2.05, 4.69) is 73.4 Å². The molecule has 0 spiro atoms. The second-order valence-corrected chi connectivity index (χ2v) is 5.48. The first kappa shape index (κ1) is 12.2. The summed E-state index contributed by atoms with van der Waals surface area (Å²) in [5.74, 6) is 0. The van der Waals surface area contributed by atoms with Crippen LogP contribution in [0.4, 0.5) is 0 Å². The minimum Gasteiger partial charge on any atom is -0.358 e. The number of benzene rings is 2. The van der Waals surface area contributed by atoms with E-state index in [9.17, 15) is 0 Å². The van der Waals surface area contributed by atoms with Gasteiger partial charge < -0.3 is 4.98 Å². The Morgan fingerprint density at radius 2 is 1.52 bits per heavy atom. The summed E-state index contributed by atoms with van der Waals surface area (Å²) in [7, 11) is 0. The Kier molecular flexibility index (Phi) is 2.58. The number of H-pyrrole nitrogens is 1. The third-order valence-corrected chi connectivity index (χ3v) is 4.11. The van der Waals surface area contributed by atoms with Crippen LogP contribution < -0.4 is 0 Å². The predicted octanol–water partition coefficient (Wildman–Crippen LogP) is 4.80. The third kappa shape index (κ3) is 1.83. The number of fused-ring (bicyclic) bond motifs is 2. The van der Waals surface area contributed by atoms with Gasteiger partial charge in [0.2, 0.25) is 0 Å². The number of rotatable bonds is 1. The molecule has 2 nitrogen and oxygen atoms in total. The van der Waals surface area contributed by atoms with E-state index in [1.165, 1.54) is 27.6 Å². The number of hydrogen-bond acceptors (Lipinski definition) is 1. The number of hydrogen-bond donors (Lipinski definition) is 1. The minimum absolute atomic E-state index is 1.04. The fraction of sp³-hybridized carbons (Fsp3) is 0.105. The highest BCUT2D eigenvalue weighted by Crippen LogP contribution is 2.32. The first-order valence-corrected chi connectivity index (χ1v) is 7.18. The van der Waals surface area contributed by atoms with Gasteiger partial charge in [-0.25, -0.2) is 0 Å². The van der Waals surface area contributed by atoms with Crippen molar-refractivity contribution in [3.8, 4) is 0 Å². The largest absolute Gasteiger partial charge is 0.358 e. The van der Waals surface area contributed by atoms with Gasteiger partial charge in [-0.05, 0) is 19.9 Å². The summed E-state index contributed by atoms with van der Waals surface area (Å²) in [6, 6.07) is 16.9. The van der Waals surface area contributed by atoms with Crippen LogP contribution in [0.1, 0.15) is 29.4 Å². The molecule has 0 saturated heterocycles. The quantitative estimate of drug-likeness (QED) is 0.659. The lowest BCUT2D eigenvalue weighted by Gasteiger charge is -1.99. The predicted molar refractivity (Wildman–Crippen MR) is 89.6 cm³/mol. The van der Waals surface area contributed by atoms with Gasteiger partial charge in [-0.1, -0.05) is 48.5 Å². The maximum absolute atomic E-state index is 4.73. The lowest BCUT2D eigenvalue weighted by molar-refractivity contribution is 1.26. The molecule has 1 N–H and O–H groups in total. The summed E-state index contributed by atoms with van der Waals surface area (Å²) in [5, 5.41) is 2.52. The molecule has 3 aromatic rings. The van der Waals surface area contributed by atoms with Gasteiger partial charge in [-0.15, -0.1) is 0 Å². The van der Waals surface area contributed by atoms with Crippen LogP contribution in [0.5, 0.6) is 0 Å². The molecule has 1 aliphatic rings. The molecule has 2 heteroatoms. The summed E-state index contributed by atoms with van der Waals surface area (Å²) >= 11 is 0. The standard InChI is InChI=1S/C19H16N2/c1-12-14-7-3-5-9-16(14)18(20-12)11-19-17-10-6-4-8-15(17)13(2)21-19/h3-11,20H,1-2H3/b19-11-. The Morgan fingerprint density at radius 3 is 2.33 bits per heavy atom. The molecular weight excluding hydrogens is 256 g/mol. The van der Waals surface area contributed by atoms with Crippen molar-refractivity contribution in [1.82, 2.24) is 4.98 Å². The highest BCUT2D eigenvalue weighted by atomic mass is 14.8. The molecule has 2 aromatic carbocycles. The highest BCUT2D eigenvalue weighted by molar-refractivity contribution is 6.12. The van der Waals surface area contributed by atoms with Crippen LogP contribution in [0.25, 0.3) is 22.5 Å². The van der Waals surface area contributed by atoms with Crippen LogP contribution in [0.2, 0.25) is 0 Å². The van der Waals surface area contributed by atoms with Crippen molar-refractivity contribution in [3.05, 3.63) is 71.0 Å². The van der Waals surface area contributed by atoms with Crippen LogP contribution in [0, 0.1) is 6.92 Å². The zero-order chi connectivity index (χ0) is 14.4. The van der Waals surface area contributed by atoms with Gasteiger partial charge in [0.05, 0.1) is 5.70 Å². The van der Waals surface area contributed by atoms with Gasteiger partial charge in [0.15, 0.2) is 0 Å². The van der Waals surface area contributed by atoms with E-state index in [-0.39, 0.29) is 0 Å². The number of nitrogens with zero attached hydrogens (tertiary/aromatic N) is 1. The van der Waals surface area contributed by atoms with Crippen molar-refractivity contribution >= 4 is 28.3 Å². The molecule has 2 heterocycles. The molecule has 1 aromatic heterocycles. The number of aromatic nitrogens is 1. The van der Waals surface area contributed by atoms with Crippen LogP contribution in [-0.4, -0.2) is 10.7 Å². The zero-order valence-electron chi connectivity index (χ0n) is 12.1. The first-order valence-electron chi connectivity index (χ1n) is 7.18. The van der Waals surface area contributed by atoms with E-state index in [1.807, 2.05) is 0 Å². The number of aromatic amines is 1. The van der Waals surface area contributed by atoms with Gasteiger partial charge >= 0.3 is 0 Å². The van der Waals surface area contributed by atoms with Crippen molar-refractivity contribution in [2.75, 3.05) is 0 Å². The van der Waals surface area contributed by atoms with E-state index >= 15 is 0 Å². The summed E-state index contributed by atoms with van der Waals surface area (Å²) in [5.41, 5.74) is 6.90. The van der Waals surface area contributed by atoms with Gasteiger partial charge in [0, 0.05) is 39.0 Å². The van der Waals surface area contributed by atoms with E-state index < -0.39 is 0 Å².